The second kappa shape index (κ2) is 7.16. The van der Waals surface area contributed by atoms with Gasteiger partial charge < -0.3 is 4.57 Å². The van der Waals surface area contributed by atoms with Crippen LogP contribution in [0.25, 0.3) is 39.6 Å². The van der Waals surface area contributed by atoms with Gasteiger partial charge in [-0.2, -0.15) is 0 Å². The number of para-hydroxylation sites is 3. The number of fused-ring (bicyclic) bond motifs is 2. The molecule has 0 aliphatic heterocycles. The van der Waals surface area contributed by atoms with Gasteiger partial charge in [0.25, 0.3) is 5.56 Å². The zero-order chi connectivity index (χ0) is 20.7. The molecule has 4 heteroatoms. The third-order valence-electron chi connectivity index (χ3n) is 5.66. The van der Waals surface area contributed by atoms with Crippen LogP contribution >= 0.6 is 0 Å². The van der Waals surface area contributed by atoms with Crippen LogP contribution in [0.1, 0.15) is 17.1 Å². The summed E-state index contributed by atoms with van der Waals surface area (Å²) in [6.07, 6.45) is 4.00. The molecule has 0 aliphatic rings. The molecule has 0 atom stereocenters. The molecule has 0 spiro atoms. The van der Waals surface area contributed by atoms with Gasteiger partial charge in [0.05, 0.1) is 16.6 Å². The van der Waals surface area contributed by atoms with E-state index in [4.69, 9.17) is 4.98 Å². The number of hydrogen-bond donors (Lipinski definition) is 0. The molecule has 30 heavy (non-hydrogen) atoms. The Balaban J connectivity index is 1.76. The zero-order valence-electron chi connectivity index (χ0n) is 16.9. The van der Waals surface area contributed by atoms with Crippen LogP contribution in [0.3, 0.4) is 0 Å². The molecule has 5 rings (SSSR count). The predicted molar refractivity (Wildman–Crippen MR) is 124 cm³/mol. The predicted octanol–water partition coefficient (Wildman–Crippen LogP) is 5.36. The maximum Gasteiger partial charge on any atom is 0.266 e. The molecule has 0 unspecified atom stereocenters. The van der Waals surface area contributed by atoms with Crippen LogP contribution in [-0.2, 0) is 7.05 Å². The van der Waals surface area contributed by atoms with E-state index in [-0.39, 0.29) is 5.56 Å². The summed E-state index contributed by atoms with van der Waals surface area (Å²) in [5.41, 5.74) is 4.92. The van der Waals surface area contributed by atoms with Gasteiger partial charge in [-0.05, 0) is 49.4 Å². The highest BCUT2D eigenvalue weighted by Crippen LogP contribution is 2.26. The molecule has 2 heterocycles. The monoisotopic (exact) mass is 391 g/mol. The van der Waals surface area contributed by atoms with Crippen molar-refractivity contribution in [3.63, 3.8) is 0 Å². The molecule has 0 saturated carbocycles. The summed E-state index contributed by atoms with van der Waals surface area (Å²) < 4.78 is 3.87. The molecule has 0 N–H and O–H groups in total. The molecule has 0 radical (unpaired) electrons. The molecular weight excluding hydrogens is 370 g/mol. The number of benzene rings is 3. The zero-order valence-corrected chi connectivity index (χ0v) is 16.9. The van der Waals surface area contributed by atoms with E-state index < -0.39 is 0 Å². The van der Waals surface area contributed by atoms with Crippen molar-refractivity contribution in [1.29, 1.82) is 0 Å². The Labute approximate surface area is 174 Å². The van der Waals surface area contributed by atoms with E-state index >= 15 is 0 Å². The van der Waals surface area contributed by atoms with Crippen LogP contribution in [0.2, 0.25) is 0 Å². The number of aryl methyl sites for hydroxylation is 1. The summed E-state index contributed by atoms with van der Waals surface area (Å²) in [4.78, 5) is 18.1. The molecular formula is C26H21N3O. The quantitative estimate of drug-likeness (QED) is 0.416. The number of aromatic nitrogens is 3. The van der Waals surface area contributed by atoms with Crippen molar-refractivity contribution in [2.75, 3.05) is 0 Å². The summed E-state index contributed by atoms with van der Waals surface area (Å²) in [7, 11) is 2.07. The van der Waals surface area contributed by atoms with Crippen molar-refractivity contribution in [2.45, 2.75) is 6.92 Å². The molecule has 146 valence electrons. The Bertz CT molecular complexity index is 1470. The summed E-state index contributed by atoms with van der Waals surface area (Å²) in [6.45, 7) is 2.11. The Kier molecular flexibility index (Phi) is 4.32. The topological polar surface area (TPSA) is 39.8 Å². The first kappa shape index (κ1) is 18.1. The van der Waals surface area contributed by atoms with Crippen molar-refractivity contribution >= 4 is 34.0 Å². The van der Waals surface area contributed by atoms with E-state index in [9.17, 15) is 4.79 Å². The van der Waals surface area contributed by atoms with E-state index in [2.05, 4.69) is 36.7 Å². The van der Waals surface area contributed by atoms with E-state index in [1.165, 1.54) is 16.6 Å². The normalized spacial score (nSPS) is 11.7. The van der Waals surface area contributed by atoms with Gasteiger partial charge in [0.15, 0.2) is 0 Å². The van der Waals surface area contributed by atoms with Gasteiger partial charge in [0, 0.05) is 29.2 Å². The lowest BCUT2D eigenvalue weighted by molar-refractivity contribution is 0.916. The van der Waals surface area contributed by atoms with Crippen molar-refractivity contribution in [3.8, 4) is 5.69 Å². The molecule has 4 nitrogen and oxygen atoms in total. The van der Waals surface area contributed by atoms with E-state index in [1.807, 2.05) is 72.8 Å². The average Bonchev–Trinajstić information content (AvgIpc) is 3.03. The van der Waals surface area contributed by atoms with Gasteiger partial charge in [-0.3, -0.25) is 9.36 Å². The molecule has 3 aromatic carbocycles. The summed E-state index contributed by atoms with van der Waals surface area (Å²) in [5.74, 6) is 0.609. The van der Waals surface area contributed by atoms with Crippen LogP contribution in [-0.4, -0.2) is 14.1 Å². The maximum atomic E-state index is 13.3. The van der Waals surface area contributed by atoms with Crippen LogP contribution in [0.15, 0.2) is 83.7 Å². The molecule has 0 fully saturated rings. The third kappa shape index (κ3) is 2.85. The lowest BCUT2D eigenvalue weighted by Crippen LogP contribution is -2.22. The smallest absolute Gasteiger partial charge is 0.266 e. The summed E-state index contributed by atoms with van der Waals surface area (Å²) in [6, 6.07) is 25.5. The van der Waals surface area contributed by atoms with Crippen LogP contribution < -0.4 is 5.56 Å². The van der Waals surface area contributed by atoms with Crippen molar-refractivity contribution < 1.29 is 0 Å². The Hall–Kier alpha value is -3.92. The van der Waals surface area contributed by atoms with Gasteiger partial charge in [-0.1, -0.05) is 48.5 Å². The minimum atomic E-state index is -0.0684. The van der Waals surface area contributed by atoms with E-state index in [1.54, 1.807) is 4.57 Å². The summed E-state index contributed by atoms with van der Waals surface area (Å²) in [5, 5.41) is 1.79. The maximum absolute atomic E-state index is 13.3. The van der Waals surface area contributed by atoms with E-state index in [0.717, 1.165) is 11.3 Å². The second-order valence-corrected chi connectivity index (χ2v) is 7.37. The van der Waals surface area contributed by atoms with Crippen LogP contribution in [0.5, 0.6) is 0 Å². The molecule has 2 aromatic heterocycles. The molecule has 0 bridgehead atoms. The summed E-state index contributed by atoms with van der Waals surface area (Å²) >= 11 is 0. The van der Waals surface area contributed by atoms with Gasteiger partial charge in [-0.25, -0.2) is 4.98 Å². The van der Waals surface area contributed by atoms with Crippen LogP contribution in [0, 0.1) is 6.92 Å². The lowest BCUT2D eigenvalue weighted by Gasteiger charge is -2.11. The Morgan fingerprint density at radius 1 is 0.800 bits per heavy atom. The van der Waals surface area contributed by atoms with Crippen molar-refractivity contribution in [3.05, 3.63) is 106 Å². The largest absolute Gasteiger partial charge is 0.347 e. The fraction of sp³-hybridized carbons (Fsp3) is 0.0769. The molecule has 0 saturated heterocycles. The highest BCUT2D eigenvalue weighted by atomic mass is 16.1. The number of hydrogen-bond acceptors (Lipinski definition) is 2. The first-order valence-corrected chi connectivity index (χ1v) is 9.94. The minimum Gasteiger partial charge on any atom is -0.347 e. The highest BCUT2D eigenvalue weighted by molar-refractivity contribution is 5.93. The first-order chi connectivity index (χ1) is 14.6. The molecule has 0 amide bonds. The third-order valence-corrected chi connectivity index (χ3v) is 5.66. The van der Waals surface area contributed by atoms with Gasteiger partial charge in [0.1, 0.15) is 5.82 Å². The van der Waals surface area contributed by atoms with Gasteiger partial charge in [-0.15, -0.1) is 0 Å². The number of nitrogens with zero attached hydrogens (tertiary/aromatic N) is 3. The van der Waals surface area contributed by atoms with Crippen LogP contribution in [0.4, 0.5) is 0 Å². The molecule has 0 aliphatic carbocycles. The van der Waals surface area contributed by atoms with Gasteiger partial charge in [0.2, 0.25) is 0 Å². The fourth-order valence-corrected chi connectivity index (χ4v) is 4.01. The minimum absolute atomic E-state index is 0.0684. The Morgan fingerprint density at radius 2 is 1.47 bits per heavy atom. The molecule has 5 aromatic rings. The Morgan fingerprint density at radius 3 is 2.27 bits per heavy atom. The van der Waals surface area contributed by atoms with Crippen molar-refractivity contribution in [1.82, 2.24) is 14.1 Å². The lowest BCUT2D eigenvalue weighted by atomic mass is 10.1. The first-order valence-electron chi connectivity index (χ1n) is 9.94. The second-order valence-electron chi connectivity index (χ2n) is 7.37. The SMILES string of the molecule is Cc1c(C=Cc2nc3ccccc3c(=O)n2-c2ccccc2)c2ccccc2n1C. The fourth-order valence-electron chi connectivity index (χ4n) is 4.01. The highest BCUT2D eigenvalue weighted by Gasteiger charge is 2.12. The van der Waals surface area contributed by atoms with Gasteiger partial charge >= 0.3 is 0 Å². The van der Waals surface area contributed by atoms with Crippen molar-refractivity contribution in [2.24, 2.45) is 7.05 Å². The standard InChI is InChI=1S/C26H21N3O/c1-18-20(21-12-7-9-15-24(21)28(18)2)16-17-25-27-23-14-8-6-13-22(23)26(30)29(25)19-10-4-3-5-11-19/h3-17H,1-2H3. The number of rotatable bonds is 3. The average molecular weight is 391 g/mol. The van der Waals surface area contributed by atoms with E-state index in [0.29, 0.717) is 16.7 Å².